The Labute approximate surface area is 99.5 Å². The molecule has 2 aromatic heterocycles. The lowest BCUT2D eigenvalue weighted by molar-refractivity contribution is 0.141. The highest BCUT2D eigenvalue weighted by atomic mass is 16.5. The van der Waals surface area contributed by atoms with Crippen LogP contribution in [0.5, 0.6) is 0 Å². The molecule has 2 aromatic rings. The molecule has 2 unspecified atom stereocenters. The first-order valence-corrected chi connectivity index (χ1v) is 5.65. The Morgan fingerprint density at radius 3 is 2.82 bits per heavy atom. The van der Waals surface area contributed by atoms with E-state index in [0.717, 1.165) is 6.42 Å². The molecule has 2 rings (SSSR count). The van der Waals surface area contributed by atoms with E-state index in [-0.39, 0.29) is 5.92 Å². The van der Waals surface area contributed by atoms with Gasteiger partial charge in [-0.3, -0.25) is 4.98 Å². The summed E-state index contributed by atoms with van der Waals surface area (Å²) in [6.07, 6.45) is 1.93. The number of aliphatic hydroxyl groups is 1. The fourth-order valence-electron chi connectivity index (χ4n) is 1.71. The number of aliphatic hydroxyl groups excluding tert-OH is 1. The van der Waals surface area contributed by atoms with Gasteiger partial charge in [-0.1, -0.05) is 18.1 Å². The Morgan fingerprint density at radius 2 is 2.24 bits per heavy atom. The van der Waals surface area contributed by atoms with Crippen LogP contribution in [0, 0.1) is 0 Å². The molecule has 0 radical (unpaired) electrons. The zero-order valence-electron chi connectivity index (χ0n) is 9.87. The van der Waals surface area contributed by atoms with Crippen LogP contribution >= 0.6 is 0 Å². The third kappa shape index (κ3) is 2.50. The van der Waals surface area contributed by atoms with Gasteiger partial charge >= 0.3 is 0 Å². The Hall–Kier alpha value is -1.75. The average molecular weight is 233 g/mol. The second kappa shape index (κ2) is 5.05. The van der Waals surface area contributed by atoms with E-state index in [1.165, 1.54) is 0 Å². The summed E-state index contributed by atoms with van der Waals surface area (Å²) in [5.74, 6) is 0.794. The van der Waals surface area contributed by atoms with Crippen LogP contribution in [0.25, 0.3) is 11.5 Å². The van der Waals surface area contributed by atoms with E-state index < -0.39 is 6.10 Å². The van der Waals surface area contributed by atoms with Gasteiger partial charge in [0, 0.05) is 6.20 Å². The highest BCUT2D eigenvalue weighted by Crippen LogP contribution is 2.23. The first-order chi connectivity index (χ1) is 8.22. The lowest BCUT2D eigenvalue weighted by Crippen LogP contribution is -2.14. The van der Waals surface area contributed by atoms with Crippen molar-refractivity contribution in [3.63, 3.8) is 0 Å². The largest absolute Gasteiger partial charge is 0.393 e. The van der Waals surface area contributed by atoms with Gasteiger partial charge in [0.1, 0.15) is 5.69 Å². The van der Waals surface area contributed by atoms with Gasteiger partial charge in [0.2, 0.25) is 11.7 Å². The minimum absolute atomic E-state index is 0.125. The molecule has 17 heavy (non-hydrogen) atoms. The molecule has 5 nitrogen and oxygen atoms in total. The smallest absolute Gasteiger partial charge is 0.232 e. The normalized spacial score (nSPS) is 14.5. The maximum absolute atomic E-state index is 9.60. The van der Waals surface area contributed by atoms with Crippen molar-refractivity contribution in [1.29, 1.82) is 0 Å². The molecule has 0 bridgehead atoms. The minimum atomic E-state index is -0.503. The lowest BCUT2D eigenvalue weighted by Gasteiger charge is -2.12. The van der Waals surface area contributed by atoms with Crippen molar-refractivity contribution in [2.45, 2.75) is 32.3 Å². The molecular weight excluding hydrogens is 218 g/mol. The molecule has 0 aliphatic rings. The van der Waals surface area contributed by atoms with Crippen LogP contribution in [0.15, 0.2) is 28.9 Å². The van der Waals surface area contributed by atoms with Crippen molar-refractivity contribution in [2.75, 3.05) is 0 Å². The van der Waals surface area contributed by atoms with E-state index in [4.69, 9.17) is 4.52 Å². The van der Waals surface area contributed by atoms with Crippen molar-refractivity contribution >= 4 is 0 Å². The summed E-state index contributed by atoms with van der Waals surface area (Å²) in [5.41, 5.74) is 0.669. The maximum Gasteiger partial charge on any atom is 0.232 e. The standard InChI is InChI=1S/C12H15N3O2/c1-3-9(8(2)16)12-14-11(15-17-12)10-6-4-5-7-13-10/h4-9,16H,3H2,1-2H3. The number of pyridine rings is 1. The molecule has 2 heterocycles. The summed E-state index contributed by atoms with van der Waals surface area (Å²) >= 11 is 0. The van der Waals surface area contributed by atoms with E-state index in [1.807, 2.05) is 25.1 Å². The van der Waals surface area contributed by atoms with Crippen molar-refractivity contribution < 1.29 is 9.63 Å². The van der Waals surface area contributed by atoms with E-state index in [0.29, 0.717) is 17.4 Å². The predicted octanol–water partition coefficient (Wildman–Crippen LogP) is 2.01. The van der Waals surface area contributed by atoms with Gasteiger partial charge < -0.3 is 9.63 Å². The third-order valence-electron chi connectivity index (χ3n) is 2.68. The van der Waals surface area contributed by atoms with Crippen molar-refractivity contribution in [3.8, 4) is 11.5 Å². The molecule has 0 saturated heterocycles. The summed E-state index contributed by atoms with van der Waals surface area (Å²) in [4.78, 5) is 8.42. The highest BCUT2D eigenvalue weighted by molar-refractivity contribution is 5.47. The Kier molecular flexibility index (Phi) is 3.49. The van der Waals surface area contributed by atoms with Gasteiger partial charge in [-0.05, 0) is 25.5 Å². The van der Waals surface area contributed by atoms with Crippen LogP contribution in [0.2, 0.25) is 0 Å². The van der Waals surface area contributed by atoms with E-state index >= 15 is 0 Å². The first-order valence-electron chi connectivity index (χ1n) is 5.65. The second-order valence-electron chi connectivity index (χ2n) is 3.93. The van der Waals surface area contributed by atoms with Gasteiger partial charge in [0.05, 0.1) is 12.0 Å². The van der Waals surface area contributed by atoms with Crippen molar-refractivity contribution in [3.05, 3.63) is 30.3 Å². The Balaban J connectivity index is 2.27. The lowest BCUT2D eigenvalue weighted by atomic mass is 10.0. The quantitative estimate of drug-likeness (QED) is 0.874. The van der Waals surface area contributed by atoms with Gasteiger partial charge in [-0.2, -0.15) is 4.98 Å². The summed E-state index contributed by atoms with van der Waals surface area (Å²) in [6.45, 7) is 3.70. The van der Waals surface area contributed by atoms with Crippen LogP contribution in [0.4, 0.5) is 0 Å². The Morgan fingerprint density at radius 1 is 1.41 bits per heavy atom. The summed E-state index contributed by atoms with van der Waals surface area (Å²) in [6, 6.07) is 5.51. The molecule has 5 heteroatoms. The molecule has 0 aliphatic heterocycles. The molecule has 0 spiro atoms. The van der Waals surface area contributed by atoms with Crippen molar-refractivity contribution in [1.82, 2.24) is 15.1 Å². The Bertz CT molecular complexity index is 468. The molecular formula is C12H15N3O2. The summed E-state index contributed by atoms with van der Waals surface area (Å²) in [5, 5.41) is 13.5. The molecule has 0 amide bonds. The van der Waals surface area contributed by atoms with Crippen LogP contribution in [0.3, 0.4) is 0 Å². The minimum Gasteiger partial charge on any atom is -0.393 e. The molecule has 0 saturated carbocycles. The number of hydrogen-bond donors (Lipinski definition) is 1. The molecule has 0 aromatic carbocycles. The van der Waals surface area contributed by atoms with Gasteiger partial charge in [0.25, 0.3) is 0 Å². The average Bonchev–Trinajstić information content (AvgIpc) is 2.80. The number of nitrogens with zero attached hydrogens (tertiary/aromatic N) is 3. The number of aromatic nitrogens is 3. The third-order valence-corrected chi connectivity index (χ3v) is 2.68. The van der Waals surface area contributed by atoms with Gasteiger partial charge in [-0.15, -0.1) is 0 Å². The fraction of sp³-hybridized carbons (Fsp3) is 0.417. The van der Waals surface area contributed by atoms with Gasteiger partial charge in [0.15, 0.2) is 0 Å². The van der Waals surface area contributed by atoms with Crippen LogP contribution < -0.4 is 0 Å². The predicted molar refractivity (Wildman–Crippen MR) is 62.2 cm³/mol. The number of hydrogen-bond acceptors (Lipinski definition) is 5. The van der Waals surface area contributed by atoms with E-state index in [2.05, 4.69) is 15.1 Å². The van der Waals surface area contributed by atoms with Crippen molar-refractivity contribution in [2.24, 2.45) is 0 Å². The zero-order chi connectivity index (χ0) is 12.3. The van der Waals surface area contributed by atoms with Crippen LogP contribution in [0.1, 0.15) is 32.1 Å². The first kappa shape index (κ1) is 11.7. The molecule has 2 atom stereocenters. The summed E-state index contributed by atoms with van der Waals surface area (Å²) < 4.78 is 5.17. The number of rotatable bonds is 4. The monoisotopic (exact) mass is 233 g/mol. The van der Waals surface area contributed by atoms with E-state index in [1.54, 1.807) is 13.1 Å². The molecule has 0 aliphatic carbocycles. The molecule has 90 valence electrons. The maximum atomic E-state index is 9.60. The van der Waals surface area contributed by atoms with Gasteiger partial charge in [-0.25, -0.2) is 0 Å². The van der Waals surface area contributed by atoms with E-state index in [9.17, 15) is 5.11 Å². The topological polar surface area (TPSA) is 72.0 Å². The molecule has 0 fully saturated rings. The SMILES string of the molecule is CCC(c1nc(-c2ccccn2)no1)C(C)O. The van der Waals surface area contributed by atoms with Crippen LogP contribution in [-0.4, -0.2) is 26.3 Å². The highest BCUT2D eigenvalue weighted by Gasteiger charge is 2.22. The van der Waals surface area contributed by atoms with Crippen LogP contribution in [-0.2, 0) is 0 Å². The summed E-state index contributed by atoms with van der Waals surface area (Å²) in [7, 11) is 0. The molecule has 1 N–H and O–H groups in total. The fourth-order valence-corrected chi connectivity index (χ4v) is 1.71. The second-order valence-corrected chi connectivity index (χ2v) is 3.93. The zero-order valence-corrected chi connectivity index (χ0v) is 9.87.